The van der Waals surface area contributed by atoms with Crippen LogP contribution in [0.4, 0.5) is 4.39 Å². The Morgan fingerprint density at radius 2 is 1.94 bits per heavy atom. The Morgan fingerprint density at radius 1 is 1.38 bits per heavy atom. The van der Waals surface area contributed by atoms with Crippen LogP contribution in [-0.2, 0) is 10.5 Å². The molecule has 16 heavy (non-hydrogen) atoms. The van der Waals surface area contributed by atoms with Gasteiger partial charge in [-0.2, -0.15) is 0 Å². The van der Waals surface area contributed by atoms with E-state index in [1.54, 1.807) is 12.1 Å². The fourth-order valence-electron chi connectivity index (χ4n) is 1.32. The maximum atomic E-state index is 12.6. The summed E-state index contributed by atoms with van der Waals surface area (Å²) in [5.74, 6) is -0.382. The smallest absolute Gasteiger partial charge is 0.316 e. The van der Waals surface area contributed by atoms with Crippen LogP contribution in [-0.4, -0.2) is 16.3 Å². The molecule has 1 unspecified atom stereocenters. The molecule has 2 nitrogen and oxygen atoms in total. The quantitative estimate of drug-likeness (QED) is 0.861. The van der Waals surface area contributed by atoms with E-state index in [9.17, 15) is 9.18 Å². The second-order valence-electron chi connectivity index (χ2n) is 3.94. The Hall–Kier alpha value is -1.03. The molecule has 1 aromatic rings. The first-order valence-corrected chi connectivity index (χ1v) is 6.14. The third-order valence-corrected chi connectivity index (χ3v) is 3.80. The predicted molar refractivity (Wildman–Crippen MR) is 64.0 cm³/mol. The van der Waals surface area contributed by atoms with Crippen molar-refractivity contribution in [2.75, 3.05) is 0 Å². The molecule has 1 aromatic carbocycles. The van der Waals surface area contributed by atoms with Crippen LogP contribution in [0, 0.1) is 11.7 Å². The number of benzene rings is 1. The van der Waals surface area contributed by atoms with Crippen molar-refractivity contribution in [3.8, 4) is 0 Å². The summed E-state index contributed by atoms with van der Waals surface area (Å²) < 4.78 is 12.6. The van der Waals surface area contributed by atoms with Gasteiger partial charge in [0.2, 0.25) is 0 Å². The van der Waals surface area contributed by atoms with Gasteiger partial charge in [0.1, 0.15) is 11.1 Å². The molecule has 0 amide bonds. The number of carboxylic acid groups (broad SMARTS) is 1. The molecule has 1 rings (SSSR count). The van der Waals surface area contributed by atoms with Gasteiger partial charge in [-0.3, -0.25) is 4.79 Å². The molecular weight excluding hydrogens is 227 g/mol. The van der Waals surface area contributed by atoms with E-state index in [1.165, 1.54) is 23.9 Å². The van der Waals surface area contributed by atoms with Crippen molar-refractivity contribution in [2.24, 2.45) is 5.92 Å². The fourth-order valence-corrected chi connectivity index (χ4v) is 2.41. The number of rotatable bonds is 5. The van der Waals surface area contributed by atoms with E-state index in [0.717, 1.165) is 5.56 Å². The van der Waals surface area contributed by atoms with Crippen LogP contribution in [0.5, 0.6) is 0 Å². The highest BCUT2D eigenvalue weighted by molar-refractivity contribution is 7.99. The predicted octanol–water partition coefficient (Wildman–Crippen LogP) is 3.17. The summed E-state index contributed by atoms with van der Waals surface area (Å²) >= 11 is 1.37. The first kappa shape index (κ1) is 13.0. The molecule has 0 bridgehead atoms. The van der Waals surface area contributed by atoms with E-state index in [0.29, 0.717) is 5.75 Å². The second kappa shape index (κ2) is 5.89. The van der Waals surface area contributed by atoms with Crippen molar-refractivity contribution in [2.45, 2.75) is 24.9 Å². The molecule has 0 aliphatic rings. The highest BCUT2D eigenvalue weighted by atomic mass is 32.2. The SMILES string of the molecule is CC(C)C(SCc1ccc(F)cc1)C(=O)O. The van der Waals surface area contributed by atoms with Crippen molar-refractivity contribution in [1.29, 1.82) is 0 Å². The van der Waals surface area contributed by atoms with Crippen molar-refractivity contribution >= 4 is 17.7 Å². The maximum Gasteiger partial charge on any atom is 0.316 e. The van der Waals surface area contributed by atoms with E-state index >= 15 is 0 Å². The minimum atomic E-state index is -0.790. The summed E-state index contributed by atoms with van der Waals surface area (Å²) in [6.07, 6.45) is 0. The highest BCUT2D eigenvalue weighted by Gasteiger charge is 2.21. The Morgan fingerprint density at radius 3 is 2.38 bits per heavy atom. The molecule has 88 valence electrons. The van der Waals surface area contributed by atoms with Gasteiger partial charge in [0, 0.05) is 5.75 Å². The number of carboxylic acids is 1. The summed E-state index contributed by atoms with van der Waals surface area (Å²) in [7, 11) is 0. The summed E-state index contributed by atoms with van der Waals surface area (Å²) in [5.41, 5.74) is 0.943. The third-order valence-electron chi connectivity index (χ3n) is 2.19. The minimum Gasteiger partial charge on any atom is -0.480 e. The number of carbonyl (C=O) groups is 1. The normalized spacial score (nSPS) is 12.8. The van der Waals surface area contributed by atoms with Gasteiger partial charge >= 0.3 is 5.97 Å². The lowest BCUT2D eigenvalue weighted by Gasteiger charge is -2.15. The van der Waals surface area contributed by atoms with E-state index in [4.69, 9.17) is 5.11 Å². The molecule has 0 radical (unpaired) electrons. The van der Waals surface area contributed by atoms with Crippen LogP contribution >= 0.6 is 11.8 Å². The van der Waals surface area contributed by atoms with Gasteiger partial charge < -0.3 is 5.11 Å². The number of aliphatic carboxylic acids is 1. The van der Waals surface area contributed by atoms with E-state index in [2.05, 4.69) is 0 Å². The number of hydrogen-bond donors (Lipinski definition) is 1. The summed E-state index contributed by atoms with van der Waals surface area (Å²) in [6, 6.07) is 6.14. The lowest BCUT2D eigenvalue weighted by Crippen LogP contribution is -2.22. The molecule has 0 aliphatic heterocycles. The Kier molecular flexibility index (Phi) is 4.80. The zero-order valence-corrected chi connectivity index (χ0v) is 10.1. The van der Waals surface area contributed by atoms with E-state index < -0.39 is 11.2 Å². The van der Waals surface area contributed by atoms with Crippen molar-refractivity contribution in [3.05, 3.63) is 35.6 Å². The molecule has 0 heterocycles. The van der Waals surface area contributed by atoms with Crippen molar-refractivity contribution in [3.63, 3.8) is 0 Å². The van der Waals surface area contributed by atoms with Gasteiger partial charge in [0.25, 0.3) is 0 Å². The third kappa shape index (κ3) is 3.85. The second-order valence-corrected chi connectivity index (χ2v) is 5.07. The molecule has 0 saturated carbocycles. The van der Waals surface area contributed by atoms with Gasteiger partial charge in [-0.25, -0.2) is 4.39 Å². The van der Waals surface area contributed by atoms with Gasteiger partial charge in [-0.05, 0) is 23.6 Å². The van der Waals surface area contributed by atoms with Gasteiger partial charge in [-0.1, -0.05) is 26.0 Å². The average Bonchev–Trinajstić information content (AvgIpc) is 2.20. The van der Waals surface area contributed by atoms with Gasteiger partial charge in [0.05, 0.1) is 0 Å². The monoisotopic (exact) mass is 242 g/mol. The first-order valence-electron chi connectivity index (χ1n) is 5.09. The van der Waals surface area contributed by atoms with Crippen molar-refractivity contribution < 1.29 is 14.3 Å². The Balaban J connectivity index is 2.55. The molecule has 0 saturated heterocycles. The molecule has 0 aliphatic carbocycles. The van der Waals surface area contributed by atoms with E-state index in [-0.39, 0.29) is 11.7 Å². The molecule has 0 fully saturated rings. The fraction of sp³-hybridized carbons (Fsp3) is 0.417. The summed E-state index contributed by atoms with van der Waals surface area (Å²) in [4.78, 5) is 10.9. The highest BCUT2D eigenvalue weighted by Crippen LogP contribution is 2.24. The number of hydrogen-bond acceptors (Lipinski definition) is 2. The molecule has 0 spiro atoms. The Bertz CT molecular complexity index is 349. The topological polar surface area (TPSA) is 37.3 Å². The first-order chi connectivity index (χ1) is 7.50. The van der Waals surface area contributed by atoms with Crippen LogP contribution in [0.2, 0.25) is 0 Å². The van der Waals surface area contributed by atoms with E-state index in [1.807, 2.05) is 13.8 Å². The molecule has 1 N–H and O–H groups in total. The lowest BCUT2D eigenvalue weighted by molar-refractivity contribution is -0.137. The van der Waals surface area contributed by atoms with Crippen LogP contribution in [0.3, 0.4) is 0 Å². The minimum absolute atomic E-state index is 0.0861. The van der Waals surface area contributed by atoms with Crippen LogP contribution in [0.1, 0.15) is 19.4 Å². The average molecular weight is 242 g/mol. The Labute approximate surface area is 98.9 Å². The summed E-state index contributed by atoms with van der Waals surface area (Å²) in [6.45, 7) is 3.77. The largest absolute Gasteiger partial charge is 0.480 e. The van der Waals surface area contributed by atoms with Gasteiger partial charge in [-0.15, -0.1) is 11.8 Å². The van der Waals surface area contributed by atoms with Crippen LogP contribution in [0.15, 0.2) is 24.3 Å². The standard InChI is InChI=1S/C12H15FO2S/c1-8(2)11(12(14)15)16-7-9-3-5-10(13)6-4-9/h3-6,8,11H,7H2,1-2H3,(H,14,15). The zero-order chi connectivity index (χ0) is 12.1. The maximum absolute atomic E-state index is 12.6. The van der Waals surface area contributed by atoms with Crippen LogP contribution in [0.25, 0.3) is 0 Å². The molecule has 0 aromatic heterocycles. The summed E-state index contributed by atoms with van der Waals surface area (Å²) in [5, 5.41) is 8.57. The molecular formula is C12H15FO2S. The van der Waals surface area contributed by atoms with Crippen molar-refractivity contribution in [1.82, 2.24) is 0 Å². The number of halogens is 1. The van der Waals surface area contributed by atoms with Gasteiger partial charge in [0.15, 0.2) is 0 Å². The lowest BCUT2D eigenvalue weighted by atomic mass is 10.1. The molecule has 1 atom stereocenters. The van der Waals surface area contributed by atoms with Crippen LogP contribution < -0.4 is 0 Å². The number of thioether (sulfide) groups is 1. The zero-order valence-electron chi connectivity index (χ0n) is 9.31. The molecule has 4 heteroatoms.